The minimum Gasteiger partial charge on any atom is -0.497 e. The lowest BCUT2D eigenvalue weighted by molar-refractivity contribution is 0.410. The number of aromatic nitrogens is 2. The first kappa shape index (κ1) is 11.6. The summed E-state index contributed by atoms with van der Waals surface area (Å²) in [6, 6.07) is 4.47. The van der Waals surface area contributed by atoms with Gasteiger partial charge in [0, 0.05) is 12.3 Å². The molecule has 0 amide bonds. The molecule has 0 aliphatic carbocycles. The zero-order valence-electron chi connectivity index (χ0n) is 9.48. The van der Waals surface area contributed by atoms with E-state index in [1.807, 2.05) is 0 Å². The van der Waals surface area contributed by atoms with Gasteiger partial charge in [0.05, 0.1) is 25.2 Å². The van der Waals surface area contributed by atoms with Gasteiger partial charge in [-0.2, -0.15) is 0 Å². The summed E-state index contributed by atoms with van der Waals surface area (Å²) in [7, 11) is 1.50. The summed E-state index contributed by atoms with van der Waals surface area (Å²) < 4.78 is 18.6. The van der Waals surface area contributed by atoms with Gasteiger partial charge in [0.25, 0.3) is 0 Å². The number of ether oxygens (including phenoxy) is 1. The minimum atomic E-state index is -0.306. The number of nitrogens with one attached hydrogen (secondary N) is 1. The summed E-state index contributed by atoms with van der Waals surface area (Å²) in [5.74, 6) is 0.195. The Morgan fingerprint density at radius 2 is 2.35 bits per heavy atom. The predicted octanol–water partition coefficient (Wildman–Crippen LogP) is 1.80. The first-order valence-electron chi connectivity index (χ1n) is 5.27. The third-order valence-electron chi connectivity index (χ3n) is 2.62. The largest absolute Gasteiger partial charge is 0.497 e. The van der Waals surface area contributed by atoms with Gasteiger partial charge in [-0.15, -0.1) is 0 Å². The van der Waals surface area contributed by atoms with Crippen molar-refractivity contribution in [2.24, 2.45) is 5.73 Å². The smallest absolute Gasteiger partial charge is 0.130 e. The second kappa shape index (κ2) is 4.97. The van der Waals surface area contributed by atoms with Crippen LogP contribution in [0.2, 0.25) is 0 Å². The summed E-state index contributed by atoms with van der Waals surface area (Å²) in [6.45, 7) is 0. The zero-order valence-corrected chi connectivity index (χ0v) is 9.48. The highest BCUT2D eigenvalue weighted by Crippen LogP contribution is 2.20. The SMILES string of the molecule is COc1ccc(CC(N)c2cnc[nH]2)c(F)c1. The molecule has 0 saturated carbocycles. The van der Waals surface area contributed by atoms with E-state index in [9.17, 15) is 4.39 Å². The summed E-state index contributed by atoms with van der Waals surface area (Å²) in [6.07, 6.45) is 3.61. The van der Waals surface area contributed by atoms with Crippen molar-refractivity contribution in [3.8, 4) is 5.75 Å². The Kier molecular flexibility index (Phi) is 3.39. The van der Waals surface area contributed by atoms with Crippen LogP contribution in [0, 0.1) is 5.82 Å². The van der Waals surface area contributed by atoms with E-state index in [2.05, 4.69) is 9.97 Å². The van der Waals surface area contributed by atoms with Crippen LogP contribution in [-0.2, 0) is 6.42 Å². The Bertz CT molecular complexity index is 485. The van der Waals surface area contributed by atoms with E-state index in [1.54, 1.807) is 24.7 Å². The third-order valence-corrected chi connectivity index (χ3v) is 2.62. The van der Waals surface area contributed by atoms with E-state index in [0.717, 1.165) is 5.69 Å². The Morgan fingerprint density at radius 1 is 1.53 bits per heavy atom. The number of rotatable bonds is 4. The van der Waals surface area contributed by atoms with Gasteiger partial charge in [-0.25, -0.2) is 9.37 Å². The van der Waals surface area contributed by atoms with Gasteiger partial charge in [-0.05, 0) is 18.1 Å². The van der Waals surface area contributed by atoms with E-state index in [4.69, 9.17) is 10.5 Å². The number of methoxy groups -OCH3 is 1. The number of nitrogens with zero attached hydrogens (tertiary/aromatic N) is 1. The van der Waals surface area contributed by atoms with Crippen LogP contribution in [0.1, 0.15) is 17.3 Å². The standard InChI is InChI=1S/C12H14FN3O/c1-17-9-3-2-8(10(13)5-9)4-11(14)12-6-15-7-16-12/h2-3,5-7,11H,4,14H2,1H3,(H,15,16). The molecular formula is C12H14FN3O. The van der Waals surface area contributed by atoms with Crippen molar-refractivity contribution in [1.29, 1.82) is 0 Å². The molecule has 0 saturated heterocycles. The van der Waals surface area contributed by atoms with Crippen molar-refractivity contribution in [2.45, 2.75) is 12.5 Å². The van der Waals surface area contributed by atoms with Crippen molar-refractivity contribution in [3.05, 3.63) is 47.8 Å². The van der Waals surface area contributed by atoms with E-state index in [0.29, 0.717) is 17.7 Å². The lowest BCUT2D eigenvalue weighted by Crippen LogP contribution is -2.14. The number of hydrogen-bond acceptors (Lipinski definition) is 3. The van der Waals surface area contributed by atoms with Gasteiger partial charge in [-0.3, -0.25) is 0 Å². The highest BCUT2D eigenvalue weighted by Gasteiger charge is 2.12. The summed E-state index contributed by atoms with van der Waals surface area (Å²) in [5.41, 5.74) is 7.30. The quantitative estimate of drug-likeness (QED) is 0.849. The fourth-order valence-electron chi connectivity index (χ4n) is 1.64. The number of benzene rings is 1. The molecular weight excluding hydrogens is 221 g/mol. The van der Waals surface area contributed by atoms with Crippen LogP contribution in [0.5, 0.6) is 5.75 Å². The number of aromatic amines is 1. The average Bonchev–Trinajstić information content (AvgIpc) is 2.85. The first-order chi connectivity index (χ1) is 8.20. The maximum absolute atomic E-state index is 13.7. The van der Waals surface area contributed by atoms with Crippen LogP contribution in [0.15, 0.2) is 30.7 Å². The maximum atomic E-state index is 13.7. The van der Waals surface area contributed by atoms with Gasteiger partial charge in [0.15, 0.2) is 0 Å². The van der Waals surface area contributed by atoms with Crippen LogP contribution in [-0.4, -0.2) is 17.1 Å². The van der Waals surface area contributed by atoms with Crippen molar-refractivity contribution in [3.63, 3.8) is 0 Å². The van der Waals surface area contributed by atoms with Crippen LogP contribution in [0.4, 0.5) is 4.39 Å². The average molecular weight is 235 g/mol. The third kappa shape index (κ3) is 2.62. The van der Waals surface area contributed by atoms with Crippen LogP contribution in [0.25, 0.3) is 0 Å². The Balaban J connectivity index is 2.13. The molecule has 5 heteroatoms. The lowest BCUT2D eigenvalue weighted by Gasteiger charge is -2.11. The van der Waals surface area contributed by atoms with E-state index >= 15 is 0 Å². The molecule has 0 radical (unpaired) electrons. The molecule has 0 fully saturated rings. The predicted molar refractivity (Wildman–Crippen MR) is 62.2 cm³/mol. The van der Waals surface area contributed by atoms with Gasteiger partial charge < -0.3 is 15.5 Å². The molecule has 4 nitrogen and oxygen atoms in total. The lowest BCUT2D eigenvalue weighted by atomic mass is 10.0. The molecule has 1 aromatic carbocycles. The molecule has 3 N–H and O–H groups in total. The highest BCUT2D eigenvalue weighted by molar-refractivity contribution is 5.29. The Morgan fingerprint density at radius 3 is 2.94 bits per heavy atom. The number of H-pyrrole nitrogens is 1. The fraction of sp³-hybridized carbons (Fsp3) is 0.250. The summed E-state index contributed by atoms with van der Waals surface area (Å²) in [5, 5.41) is 0. The molecule has 0 aliphatic rings. The second-order valence-corrected chi connectivity index (χ2v) is 3.77. The second-order valence-electron chi connectivity index (χ2n) is 3.77. The summed E-state index contributed by atoms with van der Waals surface area (Å²) in [4.78, 5) is 6.80. The van der Waals surface area contributed by atoms with Crippen molar-refractivity contribution < 1.29 is 9.13 Å². The van der Waals surface area contributed by atoms with Gasteiger partial charge >= 0.3 is 0 Å². The summed E-state index contributed by atoms with van der Waals surface area (Å²) >= 11 is 0. The van der Waals surface area contributed by atoms with Crippen LogP contribution >= 0.6 is 0 Å². The molecule has 2 aromatic rings. The molecule has 1 unspecified atom stereocenters. The van der Waals surface area contributed by atoms with E-state index in [1.165, 1.54) is 13.2 Å². The normalized spacial score (nSPS) is 12.4. The number of nitrogens with two attached hydrogens (primary N) is 1. The van der Waals surface area contributed by atoms with Crippen LogP contribution in [0.3, 0.4) is 0 Å². The number of hydrogen-bond donors (Lipinski definition) is 2. The first-order valence-corrected chi connectivity index (χ1v) is 5.27. The van der Waals surface area contributed by atoms with Gasteiger partial charge in [-0.1, -0.05) is 6.07 Å². The molecule has 2 rings (SSSR count). The number of imidazole rings is 1. The molecule has 90 valence electrons. The van der Waals surface area contributed by atoms with Gasteiger partial charge in [0.1, 0.15) is 11.6 Å². The van der Waals surface area contributed by atoms with Crippen LogP contribution < -0.4 is 10.5 Å². The molecule has 17 heavy (non-hydrogen) atoms. The molecule has 0 aliphatic heterocycles. The molecule has 0 bridgehead atoms. The highest BCUT2D eigenvalue weighted by atomic mass is 19.1. The number of halogens is 1. The minimum absolute atomic E-state index is 0.291. The monoisotopic (exact) mass is 235 g/mol. The van der Waals surface area contributed by atoms with Crippen molar-refractivity contribution >= 4 is 0 Å². The van der Waals surface area contributed by atoms with Gasteiger partial charge in [0.2, 0.25) is 0 Å². The Labute approximate surface area is 98.6 Å². The van der Waals surface area contributed by atoms with Crippen molar-refractivity contribution in [1.82, 2.24) is 9.97 Å². The van der Waals surface area contributed by atoms with E-state index < -0.39 is 0 Å². The molecule has 1 heterocycles. The fourth-order valence-corrected chi connectivity index (χ4v) is 1.64. The maximum Gasteiger partial charge on any atom is 0.130 e. The molecule has 1 aromatic heterocycles. The Hall–Kier alpha value is -1.88. The molecule has 1 atom stereocenters. The topological polar surface area (TPSA) is 63.9 Å². The zero-order chi connectivity index (χ0) is 12.3. The van der Waals surface area contributed by atoms with E-state index in [-0.39, 0.29) is 11.9 Å². The molecule has 0 spiro atoms. The van der Waals surface area contributed by atoms with Crippen molar-refractivity contribution in [2.75, 3.05) is 7.11 Å².